The summed E-state index contributed by atoms with van der Waals surface area (Å²) in [6, 6.07) is 27.8. The van der Waals surface area contributed by atoms with Gasteiger partial charge in [0.05, 0.1) is 17.7 Å². The molecule has 0 unspecified atom stereocenters. The van der Waals surface area contributed by atoms with Crippen molar-refractivity contribution >= 4 is 50.7 Å². The summed E-state index contributed by atoms with van der Waals surface area (Å²) in [5.41, 5.74) is 1.59. The number of para-hydroxylation sites is 1. The minimum Gasteiger partial charge on any atom is -0.497 e. The third-order valence-corrected chi connectivity index (χ3v) is 10.8. The second-order valence-electron chi connectivity index (χ2n) is 11.4. The molecular formula is C36H37Cl2N3O5S. The number of hydrogen-bond acceptors (Lipinski definition) is 5. The molecule has 0 aliphatic heterocycles. The third-order valence-electron chi connectivity index (χ3n) is 8.33. The summed E-state index contributed by atoms with van der Waals surface area (Å²) in [7, 11) is -2.75. The fourth-order valence-corrected chi connectivity index (χ4v) is 7.70. The number of carbonyl (C=O) groups is 2. The zero-order chi connectivity index (χ0) is 33.4. The lowest BCUT2D eigenvalue weighted by molar-refractivity contribution is -0.140. The number of rotatable bonds is 13. The number of nitrogens with zero attached hydrogens (tertiary/aromatic N) is 2. The molecule has 1 saturated carbocycles. The molecule has 5 rings (SSSR count). The van der Waals surface area contributed by atoms with Gasteiger partial charge in [0.1, 0.15) is 18.3 Å². The fourth-order valence-electron chi connectivity index (χ4n) is 5.77. The molecule has 246 valence electrons. The Bertz CT molecular complexity index is 1750. The Hall–Kier alpha value is -4.05. The van der Waals surface area contributed by atoms with Crippen LogP contribution in [0.15, 0.2) is 108 Å². The molecule has 1 N–H and O–H groups in total. The lowest BCUT2D eigenvalue weighted by atomic mass is 10.0. The lowest BCUT2D eigenvalue weighted by Gasteiger charge is -2.34. The van der Waals surface area contributed by atoms with E-state index in [2.05, 4.69) is 5.32 Å². The molecule has 11 heteroatoms. The van der Waals surface area contributed by atoms with Gasteiger partial charge in [-0.15, -0.1) is 0 Å². The Morgan fingerprint density at radius 2 is 1.45 bits per heavy atom. The molecule has 1 aliphatic carbocycles. The maximum absolute atomic E-state index is 14.6. The van der Waals surface area contributed by atoms with Gasteiger partial charge in [0.15, 0.2) is 0 Å². The molecule has 1 fully saturated rings. The molecule has 0 aromatic heterocycles. The minimum atomic E-state index is -4.24. The van der Waals surface area contributed by atoms with Crippen LogP contribution in [-0.4, -0.2) is 50.9 Å². The SMILES string of the molecule is COc1ccc(S(=O)(=O)N(CC(=O)N(Cc2c(Cl)cccc2Cl)[C@H](Cc2ccccc2)C(=O)NC2CCCC2)c2ccccc2)cc1. The van der Waals surface area contributed by atoms with Gasteiger partial charge < -0.3 is 15.0 Å². The molecule has 1 atom stereocenters. The standard InChI is InChI=1S/C36H37Cl2N3O5S/c1-46-29-19-21-30(22-20-29)47(44,45)41(28-15-6-3-7-16-28)25-35(42)40(24-31-32(37)17-10-18-33(31)38)34(23-26-11-4-2-5-12-26)36(43)39-27-13-8-9-14-27/h2-7,10-12,15-22,27,34H,8-9,13-14,23-25H2,1H3,(H,39,43)/t34-/m1/s1. The number of sulfonamides is 1. The summed E-state index contributed by atoms with van der Waals surface area (Å²) in [6.45, 7) is -0.694. The number of ether oxygens (including phenoxy) is 1. The molecule has 0 heterocycles. The van der Waals surface area contributed by atoms with Crippen molar-refractivity contribution in [1.29, 1.82) is 0 Å². The van der Waals surface area contributed by atoms with Crippen LogP contribution in [0, 0.1) is 0 Å². The van der Waals surface area contributed by atoms with Crippen LogP contribution < -0.4 is 14.4 Å². The second-order valence-corrected chi connectivity index (χ2v) is 14.1. The number of nitrogens with one attached hydrogen (secondary N) is 1. The van der Waals surface area contributed by atoms with E-state index >= 15 is 0 Å². The number of anilines is 1. The Morgan fingerprint density at radius 3 is 2.04 bits per heavy atom. The first-order chi connectivity index (χ1) is 22.7. The van der Waals surface area contributed by atoms with Crippen LogP contribution in [0.3, 0.4) is 0 Å². The highest BCUT2D eigenvalue weighted by atomic mass is 35.5. The quantitative estimate of drug-likeness (QED) is 0.164. The van der Waals surface area contributed by atoms with E-state index in [9.17, 15) is 18.0 Å². The zero-order valence-corrected chi connectivity index (χ0v) is 28.3. The average molecular weight is 695 g/mol. The molecular weight excluding hydrogens is 657 g/mol. The molecule has 0 radical (unpaired) electrons. The molecule has 4 aromatic carbocycles. The number of methoxy groups -OCH3 is 1. The van der Waals surface area contributed by atoms with Crippen molar-refractivity contribution in [2.24, 2.45) is 0 Å². The molecule has 4 aromatic rings. The van der Waals surface area contributed by atoms with Crippen LogP contribution in [0.5, 0.6) is 5.75 Å². The summed E-state index contributed by atoms with van der Waals surface area (Å²) < 4.78 is 34.6. The van der Waals surface area contributed by atoms with Gasteiger partial charge in [-0.3, -0.25) is 13.9 Å². The zero-order valence-electron chi connectivity index (χ0n) is 26.0. The Morgan fingerprint density at radius 1 is 0.851 bits per heavy atom. The fraction of sp³-hybridized carbons (Fsp3) is 0.278. The van der Waals surface area contributed by atoms with Gasteiger partial charge in [-0.05, 0) is 66.9 Å². The van der Waals surface area contributed by atoms with E-state index in [-0.39, 0.29) is 29.8 Å². The van der Waals surface area contributed by atoms with E-state index < -0.39 is 28.5 Å². The highest BCUT2D eigenvalue weighted by Gasteiger charge is 2.36. The first-order valence-electron chi connectivity index (χ1n) is 15.5. The summed E-state index contributed by atoms with van der Waals surface area (Å²) >= 11 is 13.2. The topological polar surface area (TPSA) is 96.0 Å². The summed E-state index contributed by atoms with van der Waals surface area (Å²) in [4.78, 5) is 30.2. The van der Waals surface area contributed by atoms with Crippen molar-refractivity contribution < 1.29 is 22.7 Å². The van der Waals surface area contributed by atoms with Crippen molar-refractivity contribution in [2.75, 3.05) is 18.0 Å². The van der Waals surface area contributed by atoms with Crippen LogP contribution >= 0.6 is 23.2 Å². The summed E-state index contributed by atoms with van der Waals surface area (Å²) in [5.74, 6) is -0.419. The second kappa shape index (κ2) is 15.7. The van der Waals surface area contributed by atoms with Crippen LogP contribution in [0.2, 0.25) is 10.0 Å². The molecule has 0 spiro atoms. The van der Waals surface area contributed by atoms with Crippen LogP contribution in [-0.2, 0) is 32.6 Å². The normalized spacial score (nSPS) is 13.9. The van der Waals surface area contributed by atoms with Gasteiger partial charge in [-0.2, -0.15) is 0 Å². The lowest BCUT2D eigenvalue weighted by Crippen LogP contribution is -2.54. The summed E-state index contributed by atoms with van der Waals surface area (Å²) in [5, 5.41) is 3.82. The highest BCUT2D eigenvalue weighted by Crippen LogP contribution is 2.30. The van der Waals surface area contributed by atoms with E-state index in [0.29, 0.717) is 27.0 Å². The molecule has 0 saturated heterocycles. The Kier molecular flexibility index (Phi) is 11.4. The number of amides is 2. The predicted octanol–water partition coefficient (Wildman–Crippen LogP) is 6.90. The minimum absolute atomic E-state index is 0.00195. The number of halogens is 2. The van der Waals surface area contributed by atoms with E-state index in [1.165, 1.54) is 24.1 Å². The van der Waals surface area contributed by atoms with Gasteiger partial charge in [-0.25, -0.2) is 8.42 Å². The predicted molar refractivity (Wildman–Crippen MR) is 185 cm³/mol. The van der Waals surface area contributed by atoms with E-state index in [4.69, 9.17) is 27.9 Å². The van der Waals surface area contributed by atoms with Gasteiger partial charge in [0.25, 0.3) is 10.0 Å². The number of benzene rings is 4. The average Bonchev–Trinajstić information content (AvgIpc) is 3.60. The van der Waals surface area contributed by atoms with Crippen molar-refractivity contribution in [3.05, 3.63) is 124 Å². The first-order valence-corrected chi connectivity index (χ1v) is 17.7. The van der Waals surface area contributed by atoms with Crippen LogP contribution in [0.4, 0.5) is 5.69 Å². The van der Waals surface area contributed by atoms with Crippen LogP contribution in [0.1, 0.15) is 36.8 Å². The van der Waals surface area contributed by atoms with Crippen molar-refractivity contribution in [3.63, 3.8) is 0 Å². The molecule has 47 heavy (non-hydrogen) atoms. The van der Waals surface area contributed by atoms with Crippen molar-refractivity contribution in [2.45, 2.75) is 55.6 Å². The molecule has 8 nitrogen and oxygen atoms in total. The maximum atomic E-state index is 14.6. The van der Waals surface area contributed by atoms with Crippen LogP contribution in [0.25, 0.3) is 0 Å². The first kappa shape index (κ1) is 34.3. The van der Waals surface area contributed by atoms with Gasteiger partial charge in [-0.1, -0.05) is 90.6 Å². The maximum Gasteiger partial charge on any atom is 0.264 e. The van der Waals surface area contributed by atoms with Gasteiger partial charge in [0.2, 0.25) is 11.8 Å². The highest BCUT2D eigenvalue weighted by molar-refractivity contribution is 7.92. The Labute approximate surface area is 286 Å². The molecule has 1 aliphatic rings. The number of carbonyl (C=O) groups excluding carboxylic acids is 2. The molecule has 2 amide bonds. The van der Waals surface area contributed by atoms with Crippen molar-refractivity contribution in [3.8, 4) is 5.75 Å². The van der Waals surface area contributed by atoms with E-state index in [0.717, 1.165) is 35.6 Å². The van der Waals surface area contributed by atoms with E-state index in [1.807, 2.05) is 30.3 Å². The van der Waals surface area contributed by atoms with Gasteiger partial charge in [0, 0.05) is 34.6 Å². The van der Waals surface area contributed by atoms with E-state index in [1.54, 1.807) is 60.7 Å². The largest absolute Gasteiger partial charge is 0.497 e. The smallest absolute Gasteiger partial charge is 0.264 e. The summed E-state index contributed by atoms with van der Waals surface area (Å²) in [6.07, 6.45) is 3.94. The number of hydrogen-bond donors (Lipinski definition) is 1. The Balaban J connectivity index is 1.57. The third kappa shape index (κ3) is 8.46. The molecule has 0 bridgehead atoms. The van der Waals surface area contributed by atoms with Gasteiger partial charge >= 0.3 is 0 Å². The monoisotopic (exact) mass is 693 g/mol. The van der Waals surface area contributed by atoms with Crippen molar-refractivity contribution in [1.82, 2.24) is 10.2 Å².